The molecule has 2 atom stereocenters. The fraction of sp³-hybridized carbons (Fsp3) is 0.200. The number of carbonyl (C=O) groups excluding carboxylic acids is 1. The number of Topliss-reactive ketones (excluding diaryl/α,β-unsaturated/α-hetero) is 1. The number of carboxylic acid groups (broad SMARTS) is 4. The number of ketones is 1. The molecule has 0 spiro atoms. The molecule has 2 saturated carbocycles. The van der Waals surface area contributed by atoms with Crippen molar-refractivity contribution in [1.82, 2.24) is 15.0 Å². The van der Waals surface area contributed by atoms with Gasteiger partial charge in [-0.15, -0.1) is 0 Å². The van der Waals surface area contributed by atoms with Crippen LogP contribution >= 0.6 is 0 Å². The number of fused-ring (bicyclic) bond motifs is 2. The fourth-order valence-electron chi connectivity index (χ4n) is 6.96. The Morgan fingerprint density at radius 3 is 1.25 bits per heavy atom. The molecule has 1 aromatic heterocycles. The molecule has 2 fully saturated rings. The standard InChI is InChI=1S/C40H36N6O9/c1-39(2)30-16-17-40(39,3)31(47)27(30)18-21-4-10-24(11-5-21)41-36-44-37(42-25-12-6-22(7-13-25)19-28(32(48)49)33(50)51)46-38(45-36)43-26-14-8-23(9-15-26)20-29(34(52)53)35(54)55/h4-15,18-20,30H,16-17H2,1-3H3,(H,48,49)(H,50,51)(H,52,53)(H,54,55)(H3,41,42,43,44,45,46)/b27-18+. The molecule has 2 bridgehead atoms. The summed E-state index contributed by atoms with van der Waals surface area (Å²) in [5.41, 5.74) is 2.01. The van der Waals surface area contributed by atoms with Crippen LogP contribution in [0.2, 0.25) is 0 Å². The van der Waals surface area contributed by atoms with Crippen LogP contribution in [-0.2, 0) is 24.0 Å². The number of nitrogens with one attached hydrogen (secondary N) is 3. The molecule has 3 aromatic carbocycles. The molecule has 2 aliphatic carbocycles. The Balaban J connectivity index is 1.26. The van der Waals surface area contributed by atoms with Crippen LogP contribution in [0.5, 0.6) is 0 Å². The first-order chi connectivity index (χ1) is 26.0. The Morgan fingerprint density at radius 1 is 0.600 bits per heavy atom. The third-order valence-electron chi connectivity index (χ3n) is 10.4. The summed E-state index contributed by atoms with van der Waals surface area (Å²) in [5, 5.41) is 46.0. The van der Waals surface area contributed by atoms with Crippen LogP contribution < -0.4 is 16.0 Å². The number of hydrogen-bond acceptors (Lipinski definition) is 11. The maximum absolute atomic E-state index is 13.4. The number of aromatic nitrogens is 3. The van der Waals surface area contributed by atoms with E-state index in [1.165, 1.54) is 24.3 Å². The number of benzene rings is 3. The van der Waals surface area contributed by atoms with Gasteiger partial charge in [-0.3, -0.25) is 4.79 Å². The third-order valence-corrected chi connectivity index (χ3v) is 10.4. The molecular formula is C40H36N6O9. The van der Waals surface area contributed by atoms with Gasteiger partial charge in [0.25, 0.3) is 0 Å². The largest absolute Gasteiger partial charge is 0.477 e. The summed E-state index contributed by atoms with van der Waals surface area (Å²) in [6.07, 6.45) is 5.93. The molecule has 6 rings (SSSR count). The van der Waals surface area contributed by atoms with Crippen molar-refractivity contribution in [2.45, 2.75) is 33.6 Å². The molecule has 2 unspecified atom stereocenters. The van der Waals surface area contributed by atoms with Gasteiger partial charge in [0.1, 0.15) is 11.1 Å². The van der Waals surface area contributed by atoms with Gasteiger partial charge in [0.2, 0.25) is 17.8 Å². The first-order valence-electron chi connectivity index (χ1n) is 17.0. The molecule has 2 aliphatic rings. The molecule has 280 valence electrons. The molecule has 1 heterocycles. The number of hydrogen-bond donors (Lipinski definition) is 7. The Bertz CT molecular complexity index is 2180. The normalized spacial score (nSPS) is 18.6. The monoisotopic (exact) mass is 744 g/mol. The third kappa shape index (κ3) is 7.81. The SMILES string of the molecule is CC12CCC(/C(=C\c3ccc(Nc4nc(Nc5ccc(C=C(C(=O)O)C(=O)O)cc5)nc(Nc5ccc(C=C(C(=O)O)C(=O)O)cc5)n4)cc3)C1=O)C2(C)C. The van der Waals surface area contributed by atoms with Gasteiger partial charge in [-0.1, -0.05) is 57.2 Å². The highest BCUT2D eigenvalue weighted by Crippen LogP contribution is 2.65. The second-order valence-corrected chi connectivity index (χ2v) is 14.0. The maximum atomic E-state index is 13.4. The Kier molecular flexibility index (Phi) is 10.0. The lowest BCUT2D eigenvalue weighted by molar-refractivity contribution is -0.142. The molecular weight excluding hydrogens is 708 g/mol. The van der Waals surface area contributed by atoms with Gasteiger partial charge in [0.15, 0.2) is 5.78 Å². The Hall–Kier alpha value is -7.16. The summed E-state index contributed by atoms with van der Waals surface area (Å²) in [5.74, 6) is -5.52. The number of carboxylic acids is 4. The predicted molar refractivity (Wildman–Crippen MR) is 203 cm³/mol. The van der Waals surface area contributed by atoms with Crippen molar-refractivity contribution < 1.29 is 44.4 Å². The van der Waals surface area contributed by atoms with Crippen molar-refractivity contribution in [3.63, 3.8) is 0 Å². The zero-order chi connectivity index (χ0) is 39.7. The summed E-state index contributed by atoms with van der Waals surface area (Å²) in [6, 6.07) is 19.9. The van der Waals surface area contributed by atoms with Crippen LogP contribution in [0, 0.1) is 16.7 Å². The minimum atomic E-state index is -1.57. The molecule has 0 aliphatic heterocycles. The Morgan fingerprint density at radius 2 is 0.945 bits per heavy atom. The number of aliphatic carboxylic acids is 4. The van der Waals surface area contributed by atoms with Gasteiger partial charge >= 0.3 is 23.9 Å². The highest BCUT2D eigenvalue weighted by atomic mass is 16.4. The van der Waals surface area contributed by atoms with E-state index in [2.05, 4.69) is 51.7 Å². The highest BCUT2D eigenvalue weighted by molar-refractivity contribution is 6.17. The fourth-order valence-corrected chi connectivity index (χ4v) is 6.96. The number of allylic oxidation sites excluding steroid dienone is 1. The molecule has 55 heavy (non-hydrogen) atoms. The molecule has 15 nitrogen and oxygen atoms in total. The summed E-state index contributed by atoms with van der Waals surface area (Å²) < 4.78 is 0. The minimum Gasteiger partial charge on any atom is -0.477 e. The van der Waals surface area contributed by atoms with Gasteiger partial charge in [-0.05, 0) is 101 Å². The number of carbonyl (C=O) groups is 5. The summed E-state index contributed by atoms with van der Waals surface area (Å²) >= 11 is 0. The molecule has 0 saturated heterocycles. The second-order valence-electron chi connectivity index (χ2n) is 14.0. The second kappa shape index (κ2) is 14.7. The number of anilines is 6. The lowest BCUT2D eigenvalue weighted by Gasteiger charge is -2.31. The first kappa shape index (κ1) is 37.6. The van der Waals surface area contributed by atoms with E-state index in [0.717, 1.165) is 36.1 Å². The van der Waals surface area contributed by atoms with E-state index in [0.29, 0.717) is 28.2 Å². The smallest absolute Gasteiger partial charge is 0.343 e. The molecule has 0 amide bonds. The van der Waals surface area contributed by atoms with Crippen molar-refractivity contribution in [3.8, 4) is 0 Å². The van der Waals surface area contributed by atoms with Gasteiger partial charge in [0, 0.05) is 22.5 Å². The van der Waals surface area contributed by atoms with E-state index in [1.807, 2.05) is 30.3 Å². The minimum absolute atomic E-state index is 0.0967. The Labute approximate surface area is 314 Å². The maximum Gasteiger partial charge on any atom is 0.343 e. The van der Waals surface area contributed by atoms with E-state index in [9.17, 15) is 44.4 Å². The van der Waals surface area contributed by atoms with Gasteiger partial charge < -0.3 is 36.4 Å². The molecule has 0 radical (unpaired) electrons. The number of nitrogens with zero attached hydrogens (tertiary/aromatic N) is 3. The molecule has 7 N–H and O–H groups in total. The predicted octanol–water partition coefficient (Wildman–Crippen LogP) is 6.62. The van der Waals surface area contributed by atoms with E-state index >= 15 is 0 Å². The van der Waals surface area contributed by atoms with Crippen LogP contribution in [0.4, 0.5) is 34.9 Å². The van der Waals surface area contributed by atoms with E-state index < -0.39 is 35.0 Å². The first-order valence-corrected chi connectivity index (χ1v) is 17.0. The summed E-state index contributed by atoms with van der Waals surface area (Å²) in [4.78, 5) is 72.0. The lowest BCUT2D eigenvalue weighted by Crippen LogP contribution is -2.32. The van der Waals surface area contributed by atoms with Crippen LogP contribution in [0.3, 0.4) is 0 Å². The van der Waals surface area contributed by atoms with Crippen molar-refractivity contribution in [2.75, 3.05) is 16.0 Å². The van der Waals surface area contributed by atoms with Gasteiger partial charge in [-0.25, -0.2) is 19.2 Å². The van der Waals surface area contributed by atoms with Crippen molar-refractivity contribution in [2.24, 2.45) is 16.7 Å². The molecule has 4 aromatic rings. The van der Waals surface area contributed by atoms with E-state index in [-0.39, 0.29) is 40.4 Å². The van der Waals surface area contributed by atoms with Crippen molar-refractivity contribution in [3.05, 3.63) is 106 Å². The number of rotatable bonds is 13. The van der Waals surface area contributed by atoms with Crippen molar-refractivity contribution >= 4 is 82.8 Å². The van der Waals surface area contributed by atoms with Crippen LogP contribution in [0.15, 0.2) is 89.5 Å². The average Bonchev–Trinajstić information content (AvgIpc) is 3.44. The summed E-state index contributed by atoms with van der Waals surface area (Å²) in [6.45, 7) is 6.42. The quantitative estimate of drug-likeness (QED) is 0.0432. The van der Waals surface area contributed by atoms with Crippen LogP contribution in [-0.4, -0.2) is 65.0 Å². The average molecular weight is 745 g/mol. The van der Waals surface area contributed by atoms with Gasteiger partial charge in [0.05, 0.1) is 0 Å². The van der Waals surface area contributed by atoms with E-state index in [1.54, 1.807) is 24.3 Å². The van der Waals surface area contributed by atoms with Crippen LogP contribution in [0.25, 0.3) is 18.2 Å². The summed E-state index contributed by atoms with van der Waals surface area (Å²) in [7, 11) is 0. The van der Waals surface area contributed by atoms with Crippen molar-refractivity contribution in [1.29, 1.82) is 0 Å². The molecule has 15 heteroatoms. The lowest BCUT2D eigenvalue weighted by atomic mass is 9.70. The zero-order valence-electron chi connectivity index (χ0n) is 29.8. The van der Waals surface area contributed by atoms with Crippen LogP contribution in [0.1, 0.15) is 50.3 Å². The highest BCUT2D eigenvalue weighted by Gasteiger charge is 2.63. The van der Waals surface area contributed by atoms with E-state index in [4.69, 9.17) is 0 Å². The zero-order valence-corrected chi connectivity index (χ0v) is 29.8. The topological polar surface area (TPSA) is 241 Å². The van der Waals surface area contributed by atoms with Gasteiger partial charge in [-0.2, -0.15) is 15.0 Å².